The number of urea groups is 1. The van der Waals surface area contributed by atoms with E-state index in [-0.39, 0.29) is 29.4 Å². The number of carbonyl (C=O) groups excluding carboxylic acids is 3. The first-order chi connectivity index (χ1) is 14.9. The second-order valence-electron chi connectivity index (χ2n) is 8.12. The molecule has 4 atom stereocenters. The van der Waals surface area contributed by atoms with E-state index in [1.807, 2.05) is 29.2 Å². The molecule has 0 aliphatic carbocycles. The van der Waals surface area contributed by atoms with Gasteiger partial charge in [-0.3, -0.25) is 25.1 Å². The first kappa shape index (κ1) is 21.9. The van der Waals surface area contributed by atoms with E-state index in [4.69, 9.17) is 4.74 Å². The number of nitrogens with one attached hydrogen (secondary N) is 2. The van der Waals surface area contributed by atoms with Gasteiger partial charge in [-0.05, 0) is 30.5 Å². The number of hydrogen-bond donors (Lipinski definition) is 2. The molecule has 0 bridgehead atoms. The van der Waals surface area contributed by atoms with Crippen LogP contribution in [0.2, 0.25) is 0 Å². The average Bonchev–Trinajstić information content (AvgIpc) is 3.34. The summed E-state index contributed by atoms with van der Waals surface area (Å²) >= 11 is 1.44. The molecule has 1 aromatic carbocycles. The molecule has 3 saturated heterocycles. The summed E-state index contributed by atoms with van der Waals surface area (Å²) in [7, 11) is 4.82. The van der Waals surface area contributed by atoms with Gasteiger partial charge in [0.1, 0.15) is 5.75 Å². The van der Waals surface area contributed by atoms with Crippen LogP contribution in [0.1, 0.15) is 24.6 Å². The summed E-state index contributed by atoms with van der Waals surface area (Å²) in [5.74, 6) is 0.402. The number of methoxy groups -OCH3 is 1. The third-order valence-corrected chi connectivity index (χ3v) is 7.45. The Morgan fingerprint density at radius 2 is 1.81 bits per heavy atom. The molecule has 10 heteroatoms. The summed E-state index contributed by atoms with van der Waals surface area (Å²) in [6.45, 7) is 1.61. The molecular weight excluding hydrogens is 418 g/mol. The van der Waals surface area contributed by atoms with Gasteiger partial charge in [0.2, 0.25) is 11.8 Å². The summed E-state index contributed by atoms with van der Waals surface area (Å²) in [5.41, 5.74) is 0.961. The molecule has 3 aliphatic rings. The standard InChI is InChI=1S/C21H29N5O4S/c1-24-18-16(20(28)25(2)21(24)29)19(31-12-15(27)26-10-4-5-11-26)23-17(22-18)13-6-8-14(30-3)9-7-13/h6-9,16-19,22-23H,4-5,10-12H2,1-3H3. The van der Waals surface area contributed by atoms with E-state index in [0.717, 1.165) is 42.1 Å². The van der Waals surface area contributed by atoms with Crippen molar-refractivity contribution in [1.29, 1.82) is 0 Å². The van der Waals surface area contributed by atoms with Crippen LogP contribution in [0.3, 0.4) is 0 Å². The highest BCUT2D eigenvalue weighted by molar-refractivity contribution is 8.00. The van der Waals surface area contributed by atoms with E-state index in [2.05, 4.69) is 10.6 Å². The summed E-state index contributed by atoms with van der Waals surface area (Å²) in [4.78, 5) is 42.8. The van der Waals surface area contributed by atoms with Crippen molar-refractivity contribution in [2.24, 2.45) is 5.92 Å². The van der Waals surface area contributed by atoms with Gasteiger partial charge in [-0.25, -0.2) is 4.79 Å². The second-order valence-corrected chi connectivity index (χ2v) is 9.25. The SMILES string of the molecule is COc1ccc(C2NC(SCC(=O)N3CCCC3)C3C(=O)N(C)C(=O)N(C)C3N2)cc1. The van der Waals surface area contributed by atoms with Gasteiger partial charge in [0.05, 0.1) is 36.5 Å². The van der Waals surface area contributed by atoms with E-state index in [0.29, 0.717) is 5.75 Å². The molecule has 3 fully saturated rings. The number of hydrogen-bond acceptors (Lipinski definition) is 7. The van der Waals surface area contributed by atoms with Gasteiger partial charge >= 0.3 is 6.03 Å². The van der Waals surface area contributed by atoms with Gasteiger partial charge in [-0.2, -0.15) is 0 Å². The van der Waals surface area contributed by atoms with Gasteiger partial charge < -0.3 is 14.5 Å². The number of likely N-dealkylation sites (tertiary alicyclic amines) is 1. The molecule has 2 N–H and O–H groups in total. The van der Waals surface area contributed by atoms with Crippen LogP contribution in [0.5, 0.6) is 5.75 Å². The summed E-state index contributed by atoms with van der Waals surface area (Å²) in [5, 5.41) is 6.58. The van der Waals surface area contributed by atoms with Gasteiger partial charge in [0.25, 0.3) is 0 Å². The number of thioether (sulfide) groups is 1. The Kier molecular flexibility index (Phi) is 6.40. The molecule has 0 saturated carbocycles. The predicted octanol–water partition coefficient (Wildman–Crippen LogP) is 1.03. The molecule has 31 heavy (non-hydrogen) atoms. The van der Waals surface area contributed by atoms with Gasteiger partial charge in [-0.15, -0.1) is 11.8 Å². The molecule has 1 aromatic rings. The highest BCUT2D eigenvalue weighted by Crippen LogP contribution is 2.34. The fraction of sp³-hybridized carbons (Fsp3) is 0.571. The molecule has 4 rings (SSSR count). The molecule has 3 heterocycles. The minimum absolute atomic E-state index is 0.0985. The van der Waals surface area contributed by atoms with Crippen LogP contribution >= 0.6 is 11.8 Å². The topological polar surface area (TPSA) is 94.2 Å². The van der Waals surface area contributed by atoms with Gasteiger partial charge in [-0.1, -0.05) is 12.1 Å². The Balaban J connectivity index is 1.56. The number of imide groups is 1. The number of nitrogens with zero attached hydrogens (tertiary/aromatic N) is 3. The third kappa shape index (κ3) is 4.24. The Morgan fingerprint density at radius 1 is 1.13 bits per heavy atom. The predicted molar refractivity (Wildman–Crippen MR) is 117 cm³/mol. The van der Waals surface area contributed by atoms with E-state index < -0.39 is 12.1 Å². The lowest BCUT2D eigenvalue weighted by Crippen LogP contribution is -2.72. The lowest BCUT2D eigenvalue weighted by atomic mass is 9.96. The summed E-state index contributed by atoms with van der Waals surface area (Å²) < 4.78 is 5.24. The Hall–Kier alpha value is -2.30. The monoisotopic (exact) mass is 447 g/mol. The number of fused-ring (bicyclic) bond motifs is 1. The molecule has 3 aliphatic heterocycles. The van der Waals surface area contributed by atoms with Gasteiger partial charge in [0, 0.05) is 27.2 Å². The lowest BCUT2D eigenvalue weighted by molar-refractivity contribution is -0.140. The third-order valence-electron chi connectivity index (χ3n) is 6.25. The van der Waals surface area contributed by atoms with Crippen LogP contribution in [0.4, 0.5) is 4.79 Å². The van der Waals surface area contributed by atoms with Crippen LogP contribution in [0.15, 0.2) is 24.3 Å². The molecule has 4 amide bonds. The second kappa shape index (κ2) is 9.05. The van der Waals surface area contributed by atoms with Crippen molar-refractivity contribution in [2.75, 3.05) is 40.0 Å². The molecule has 168 valence electrons. The maximum atomic E-state index is 13.0. The quantitative estimate of drug-likeness (QED) is 0.696. The maximum absolute atomic E-state index is 13.0. The molecule has 4 unspecified atom stereocenters. The van der Waals surface area contributed by atoms with Crippen LogP contribution < -0.4 is 15.4 Å². The fourth-order valence-corrected chi connectivity index (χ4v) is 5.62. The summed E-state index contributed by atoms with van der Waals surface area (Å²) in [6, 6.07) is 7.29. The van der Waals surface area contributed by atoms with Crippen molar-refractivity contribution in [2.45, 2.75) is 30.5 Å². The lowest BCUT2D eigenvalue weighted by Gasteiger charge is -2.50. The molecule has 0 aromatic heterocycles. The zero-order valence-electron chi connectivity index (χ0n) is 18.0. The van der Waals surface area contributed by atoms with Crippen molar-refractivity contribution in [1.82, 2.24) is 25.3 Å². The van der Waals surface area contributed by atoms with E-state index in [1.165, 1.54) is 18.8 Å². The van der Waals surface area contributed by atoms with Crippen molar-refractivity contribution in [3.8, 4) is 5.75 Å². The average molecular weight is 448 g/mol. The number of ether oxygens (including phenoxy) is 1. The Morgan fingerprint density at radius 3 is 2.45 bits per heavy atom. The van der Waals surface area contributed by atoms with Crippen molar-refractivity contribution >= 4 is 29.6 Å². The van der Waals surface area contributed by atoms with Crippen LogP contribution in [-0.4, -0.2) is 84.1 Å². The van der Waals surface area contributed by atoms with Crippen LogP contribution in [0, 0.1) is 5.92 Å². The van der Waals surface area contributed by atoms with Crippen LogP contribution in [0.25, 0.3) is 0 Å². The Labute approximate surface area is 186 Å². The fourth-order valence-electron chi connectivity index (χ4n) is 4.41. The largest absolute Gasteiger partial charge is 0.497 e. The molecule has 0 radical (unpaired) electrons. The summed E-state index contributed by atoms with van der Waals surface area (Å²) in [6.07, 6.45) is 1.34. The maximum Gasteiger partial charge on any atom is 0.327 e. The minimum atomic E-state index is -0.501. The van der Waals surface area contributed by atoms with E-state index in [1.54, 1.807) is 19.1 Å². The smallest absolute Gasteiger partial charge is 0.327 e. The first-order valence-electron chi connectivity index (χ1n) is 10.5. The molecule has 9 nitrogen and oxygen atoms in total. The zero-order valence-corrected chi connectivity index (χ0v) is 18.9. The van der Waals surface area contributed by atoms with Crippen molar-refractivity contribution in [3.63, 3.8) is 0 Å². The highest BCUT2D eigenvalue weighted by Gasteiger charge is 2.51. The van der Waals surface area contributed by atoms with Crippen molar-refractivity contribution < 1.29 is 19.1 Å². The number of benzene rings is 1. The van der Waals surface area contributed by atoms with Crippen LogP contribution in [-0.2, 0) is 9.59 Å². The van der Waals surface area contributed by atoms with Gasteiger partial charge in [0.15, 0.2) is 0 Å². The minimum Gasteiger partial charge on any atom is -0.497 e. The number of carbonyl (C=O) groups is 3. The normalized spacial score (nSPS) is 28.7. The number of rotatable bonds is 5. The Bertz CT molecular complexity index is 845. The highest BCUT2D eigenvalue weighted by atomic mass is 32.2. The first-order valence-corrected chi connectivity index (χ1v) is 11.6. The molecule has 0 spiro atoms. The van der Waals surface area contributed by atoms with E-state index >= 15 is 0 Å². The number of amides is 4. The van der Waals surface area contributed by atoms with Crippen molar-refractivity contribution in [3.05, 3.63) is 29.8 Å². The molecular formula is C21H29N5O4S. The van der Waals surface area contributed by atoms with E-state index in [9.17, 15) is 14.4 Å². The zero-order chi connectivity index (χ0) is 22.1.